The molecular formula is C15H15N3O2. The van der Waals surface area contributed by atoms with Crippen LogP contribution in [0.4, 0.5) is 0 Å². The van der Waals surface area contributed by atoms with Gasteiger partial charge in [0.05, 0.1) is 0 Å². The number of nitrogens with zero attached hydrogens (tertiary/aromatic N) is 1. The lowest BCUT2D eigenvalue weighted by Crippen LogP contribution is -2.27. The molecule has 102 valence electrons. The summed E-state index contributed by atoms with van der Waals surface area (Å²) in [5.41, 5.74) is 7.62. The Morgan fingerprint density at radius 1 is 1.30 bits per heavy atom. The van der Waals surface area contributed by atoms with E-state index in [-0.39, 0.29) is 11.3 Å². The number of nitrogens with two attached hydrogens (primary N) is 1. The lowest BCUT2D eigenvalue weighted by Gasteiger charge is -2.13. The molecule has 0 radical (unpaired) electrons. The number of carbonyl (C=O) groups excluding carboxylic acids is 2. The van der Waals surface area contributed by atoms with Crippen molar-refractivity contribution in [3.63, 3.8) is 0 Å². The summed E-state index contributed by atoms with van der Waals surface area (Å²) >= 11 is 0. The predicted molar refractivity (Wildman–Crippen MR) is 74.5 cm³/mol. The summed E-state index contributed by atoms with van der Waals surface area (Å²) in [5.74, 6) is -0.479. The molecule has 1 fully saturated rings. The second-order valence-corrected chi connectivity index (χ2v) is 5.94. The first-order chi connectivity index (χ1) is 9.58. The van der Waals surface area contributed by atoms with Crippen molar-refractivity contribution in [3.8, 4) is 0 Å². The van der Waals surface area contributed by atoms with Gasteiger partial charge in [-0.1, -0.05) is 6.07 Å². The van der Waals surface area contributed by atoms with Crippen LogP contribution in [0.2, 0.25) is 0 Å². The zero-order valence-corrected chi connectivity index (χ0v) is 11.0. The Bertz CT molecular complexity index is 756. The van der Waals surface area contributed by atoms with E-state index in [9.17, 15) is 9.59 Å². The van der Waals surface area contributed by atoms with Crippen molar-refractivity contribution in [2.45, 2.75) is 19.4 Å². The van der Waals surface area contributed by atoms with Crippen molar-refractivity contribution in [3.05, 3.63) is 35.5 Å². The van der Waals surface area contributed by atoms with Gasteiger partial charge in [-0.15, -0.1) is 0 Å². The highest BCUT2D eigenvalue weighted by Crippen LogP contribution is 2.48. The first-order valence-corrected chi connectivity index (χ1v) is 6.79. The van der Waals surface area contributed by atoms with Crippen molar-refractivity contribution < 1.29 is 9.59 Å². The molecule has 4 rings (SSSR count). The minimum absolute atomic E-state index is 0.0365. The van der Waals surface area contributed by atoms with E-state index < -0.39 is 5.91 Å². The van der Waals surface area contributed by atoms with Crippen molar-refractivity contribution >= 4 is 22.7 Å². The van der Waals surface area contributed by atoms with E-state index in [2.05, 4.69) is 5.32 Å². The van der Waals surface area contributed by atoms with E-state index in [0.717, 1.165) is 36.8 Å². The third-order valence-electron chi connectivity index (χ3n) is 4.50. The standard InChI is InChI=1S/C15H15N3O2/c16-13(19)10-2-1-9-5-12-14(20)17-7-15(3-4-15)8-18(12)11(9)6-10/h1-2,5-6H,3-4,7-8H2,(H2,16,19)(H,17,20). The third-order valence-corrected chi connectivity index (χ3v) is 4.50. The number of hydrogen-bond acceptors (Lipinski definition) is 2. The smallest absolute Gasteiger partial charge is 0.267 e. The molecule has 1 aromatic heterocycles. The zero-order valence-electron chi connectivity index (χ0n) is 11.0. The van der Waals surface area contributed by atoms with Crippen LogP contribution in [0, 0.1) is 5.41 Å². The number of carbonyl (C=O) groups is 2. The number of amides is 2. The topological polar surface area (TPSA) is 77.1 Å². The van der Waals surface area contributed by atoms with Gasteiger partial charge in [0.1, 0.15) is 5.69 Å². The summed E-state index contributed by atoms with van der Waals surface area (Å²) in [4.78, 5) is 23.5. The second kappa shape index (κ2) is 3.62. The van der Waals surface area contributed by atoms with Crippen LogP contribution in [0.3, 0.4) is 0 Å². The Balaban J connectivity index is 1.95. The molecule has 1 spiro atoms. The van der Waals surface area contributed by atoms with Gasteiger partial charge >= 0.3 is 0 Å². The average molecular weight is 269 g/mol. The minimum Gasteiger partial charge on any atom is -0.366 e. The second-order valence-electron chi connectivity index (χ2n) is 5.94. The molecule has 2 heterocycles. The Hall–Kier alpha value is -2.30. The number of primary amides is 1. The Labute approximate surface area is 115 Å². The Kier molecular flexibility index (Phi) is 2.09. The molecule has 1 aliphatic carbocycles. The molecular weight excluding hydrogens is 254 g/mol. The fourth-order valence-electron chi connectivity index (χ4n) is 3.03. The molecule has 5 nitrogen and oxygen atoms in total. The maximum absolute atomic E-state index is 12.2. The summed E-state index contributed by atoms with van der Waals surface area (Å²) < 4.78 is 2.04. The summed E-state index contributed by atoms with van der Waals surface area (Å²) in [6, 6.07) is 7.23. The van der Waals surface area contributed by atoms with Gasteiger partial charge in [-0.25, -0.2) is 0 Å². The molecule has 1 aromatic carbocycles. The fraction of sp³-hybridized carbons (Fsp3) is 0.333. The number of hydrogen-bond donors (Lipinski definition) is 2. The number of rotatable bonds is 1. The maximum atomic E-state index is 12.2. The number of nitrogens with one attached hydrogen (secondary N) is 1. The minimum atomic E-state index is -0.443. The van der Waals surface area contributed by atoms with E-state index in [1.165, 1.54) is 0 Å². The van der Waals surface area contributed by atoms with Crippen LogP contribution in [-0.4, -0.2) is 22.9 Å². The average Bonchev–Trinajstić information content (AvgIpc) is 3.13. The van der Waals surface area contributed by atoms with Crippen molar-refractivity contribution in [2.24, 2.45) is 11.1 Å². The van der Waals surface area contributed by atoms with E-state index in [1.54, 1.807) is 12.1 Å². The molecule has 0 atom stereocenters. The first-order valence-electron chi connectivity index (χ1n) is 6.79. The largest absolute Gasteiger partial charge is 0.366 e. The summed E-state index contributed by atoms with van der Waals surface area (Å²) in [5, 5.41) is 3.97. The number of aromatic nitrogens is 1. The lowest BCUT2D eigenvalue weighted by molar-refractivity contribution is 0.0946. The van der Waals surface area contributed by atoms with Gasteiger partial charge in [0.2, 0.25) is 5.91 Å². The number of fused-ring (bicyclic) bond motifs is 3. The van der Waals surface area contributed by atoms with Gasteiger partial charge in [0.15, 0.2) is 0 Å². The normalized spacial score (nSPS) is 19.5. The van der Waals surface area contributed by atoms with Gasteiger partial charge in [0, 0.05) is 35.0 Å². The van der Waals surface area contributed by atoms with Gasteiger partial charge in [-0.3, -0.25) is 9.59 Å². The molecule has 2 amide bonds. The highest BCUT2D eigenvalue weighted by molar-refractivity contribution is 6.02. The summed E-state index contributed by atoms with van der Waals surface area (Å²) in [6.07, 6.45) is 2.28. The predicted octanol–water partition coefficient (Wildman–Crippen LogP) is 1.26. The molecule has 5 heteroatoms. The van der Waals surface area contributed by atoms with Crippen molar-refractivity contribution in [1.29, 1.82) is 0 Å². The zero-order chi connectivity index (χ0) is 13.9. The van der Waals surface area contributed by atoms with E-state index >= 15 is 0 Å². The van der Waals surface area contributed by atoms with Crippen LogP contribution in [0.5, 0.6) is 0 Å². The van der Waals surface area contributed by atoms with Gasteiger partial charge in [-0.05, 0) is 31.0 Å². The maximum Gasteiger partial charge on any atom is 0.267 e. The van der Waals surface area contributed by atoms with Gasteiger partial charge in [-0.2, -0.15) is 0 Å². The Morgan fingerprint density at radius 2 is 2.10 bits per heavy atom. The lowest BCUT2D eigenvalue weighted by atomic mass is 10.1. The Morgan fingerprint density at radius 3 is 2.80 bits per heavy atom. The van der Waals surface area contributed by atoms with Crippen LogP contribution in [0.25, 0.3) is 10.9 Å². The van der Waals surface area contributed by atoms with E-state index in [0.29, 0.717) is 11.3 Å². The molecule has 20 heavy (non-hydrogen) atoms. The molecule has 0 unspecified atom stereocenters. The van der Waals surface area contributed by atoms with Crippen LogP contribution in [0.1, 0.15) is 33.7 Å². The first kappa shape index (κ1) is 11.5. The molecule has 0 saturated heterocycles. The van der Waals surface area contributed by atoms with E-state index in [4.69, 9.17) is 5.73 Å². The van der Waals surface area contributed by atoms with Gasteiger partial charge in [0.25, 0.3) is 5.91 Å². The highest BCUT2D eigenvalue weighted by Gasteiger charge is 2.45. The molecule has 1 saturated carbocycles. The SMILES string of the molecule is NC(=O)c1ccc2cc3n(c2c1)CC1(CC1)CNC3=O. The molecule has 3 N–H and O–H groups in total. The monoisotopic (exact) mass is 269 g/mol. The summed E-state index contributed by atoms with van der Waals surface area (Å²) in [7, 11) is 0. The van der Waals surface area contributed by atoms with Crippen LogP contribution < -0.4 is 11.1 Å². The molecule has 2 aliphatic rings. The van der Waals surface area contributed by atoms with Crippen molar-refractivity contribution in [1.82, 2.24) is 9.88 Å². The van der Waals surface area contributed by atoms with Crippen LogP contribution >= 0.6 is 0 Å². The van der Waals surface area contributed by atoms with E-state index in [1.807, 2.05) is 16.7 Å². The molecule has 1 aliphatic heterocycles. The molecule has 0 bridgehead atoms. The third kappa shape index (κ3) is 1.56. The molecule has 2 aromatic rings. The number of benzene rings is 1. The van der Waals surface area contributed by atoms with Crippen LogP contribution in [0.15, 0.2) is 24.3 Å². The highest BCUT2D eigenvalue weighted by atomic mass is 16.2. The quantitative estimate of drug-likeness (QED) is 0.817. The summed E-state index contributed by atoms with van der Waals surface area (Å²) in [6.45, 7) is 1.57. The van der Waals surface area contributed by atoms with Crippen molar-refractivity contribution in [2.75, 3.05) is 6.54 Å². The van der Waals surface area contributed by atoms with Crippen LogP contribution in [-0.2, 0) is 6.54 Å². The van der Waals surface area contributed by atoms with Gasteiger partial charge < -0.3 is 15.6 Å². The fourth-order valence-corrected chi connectivity index (χ4v) is 3.03.